The van der Waals surface area contributed by atoms with Crippen LogP contribution >= 0.6 is 12.4 Å². The molecule has 0 amide bonds. The molecule has 2 saturated heterocycles. The predicted octanol–water partition coefficient (Wildman–Crippen LogP) is 1.22. The lowest BCUT2D eigenvalue weighted by atomic mass is 9.83. The van der Waals surface area contributed by atoms with Crippen LogP contribution in [-0.4, -0.2) is 35.6 Å². The fourth-order valence-corrected chi connectivity index (χ4v) is 2.48. The number of piperidine rings is 2. The van der Waals surface area contributed by atoms with E-state index in [0.29, 0.717) is 5.92 Å². The average Bonchev–Trinajstić information content (AvgIpc) is 2.03. The fraction of sp³-hybridized carbons (Fsp3) is 0.889. The first-order chi connectivity index (χ1) is 5.75. The topological polar surface area (TPSA) is 40.5 Å². The van der Waals surface area contributed by atoms with Crippen molar-refractivity contribution in [1.82, 2.24) is 4.90 Å². The highest BCUT2D eigenvalue weighted by atomic mass is 35.5. The van der Waals surface area contributed by atoms with E-state index in [0.717, 1.165) is 26.1 Å². The molecule has 0 spiro atoms. The molecule has 0 radical (unpaired) electrons. The van der Waals surface area contributed by atoms with E-state index in [1.165, 1.54) is 12.8 Å². The third-order valence-corrected chi connectivity index (χ3v) is 3.05. The normalized spacial score (nSPS) is 37.7. The summed E-state index contributed by atoms with van der Waals surface area (Å²) in [6.07, 6.45) is 3.41. The number of carboxylic acid groups (broad SMARTS) is 1. The van der Waals surface area contributed by atoms with Crippen LogP contribution in [0.5, 0.6) is 0 Å². The monoisotopic (exact) mass is 205 g/mol. The van der Waals surface area contributed by atoms with Gasteiger partial charge in [-0.05, 0) is 31.7 Å². The molecule has 2 fully saturated rings. The van der Waals surface area contributed by atoms with Gasteiger partial charge in [-0.1, -0.05) is 0 Å². The summed E-state index contributed by atoms with van der Waals surface area (Å²) in [5.41, 5.74) is 0. The van der Waals surface area contributed by atoms with Gasteiger partial charge in [0.1, 0.15) is 0 Å². The molecule has 0 aromatic heterocycles. The van der Waals surface area contributed by atoms with Crippen molar-refractivity contribution in [1.29, 1.82) is 0 Å². The smallest absolute Gasteiger partial charge is 0.307 e. The summed E-state index contributed by atoms with van der Waals surface area (Å²) < 4.78 is 0. The molecule has 1 N–H and O–H groups in total. The first-order valence-corrected chi connectivity index (χ1v) is 4.71. The second-order valence-electron chi connectivity index (χ2n) is 4.04. The molecule has 2 aliphatic rings. The molecule has 0 aromatic rings. The number of carbonyl (C=O) groups is 1. The van der Waals surface area contributed by atoms with Crippen LogP contribution in [0.4, 0.5) is 0 Å². The summed E-state index contributed by atoms with van der Waals surface area (Å²) in [6, 6.07) is 0. The Kier molecular flexibility index (Phi) is 3.56. The Morgan fingerprint density at radius 2 is 2.15 bits per heavy atom. The molecule has 2 bridgehead atoms. The lowest BCUT2D eigenvalue weighted by molar-refractivity contribution is -0.145. The number of hydrogen-bond donors (Lipinski definition) is 1. The molecule has 2 aliphatic heterocycles. The van der Waals surface area contributed by atoms with E-state index in [1.54, 1.807) is 0 Å². The number of carboxylic acids is 1. The first-order valence-electron chi connectivity index (χ1n) is 4.71. The molecule has 3 unspecified atom stereocenters. The van der Waals surface area contributed by atoms with E-state index in [9.17, 15) is 4.79 Å². The van der Waals surface area contributed by atoms with Crippen molar-refractivity contribution in [2.45, 2.75) is 19.3 Å². The molecule has 2 heterocycles. The fourth-order valence-electron chi connectivity index (χ4n) is 2.48. The molecule has 0 aromatic carbocycles. The third kappa shape index (κ3) is 2.35. The van der Waals surface area contributed by atoms with Crippen molar-refractivity contribution < 1.29 is 9.90 Å². The Balaban J connectivity index is 0.000000845. The summed E-state index contributed by atoms with van der Waals surface area (Å²) in [7, 11) is 0. The van der Waals surface area contributed by atoms with Gasteiger partial charge in [-0.25, -0.2) is 0 Å². The third-order valence-electron chi connectivity index (χ3n) is 3.05. The number of halogens is 1. The standard InChI is InChI=1S/C9H15NO2.ClH/c11-9(12)8-4-7-2-1-3-10(5-7)6-8;/h7-8H,1-6H2,(H,11,12);1H. The molecule has 3 atom stereocenters. The first kappa shape index (κ1) is 10.8. The number of nitrogens with zero attached hydrogens (tertiary/aromatic N) is 1. The summed E-state index contributed by atoms with van der Waals surface area (Å²) in [5, 5.41) is 8.87. The molecule has 13 heavy (non-hydrogen) atoms. The van der Waals surface area contributed by atoms with Crippen LogP contribution in [0.1, 0.15) is 19.3 Å². The minimum absolute atomic E-state index is 0. The van der Waals surface area contributed by atoms with Crippen molar-refractivity contribution in [3.8, 4) is 0 Å². The highest BCUT2D eigenvalue weighted by molar-refractivity contribution is 5.85. The van der Waals surface area contributed by atoms with Crippen LogP contribution in [0.2, 0.25) is 0 Å². The van der Waals surface area contributed by atoms with Gasteiger partial charge in [0, 0.05) is 13.1 Å². The summed E-state index contributed by atoms with van der Waals surface area (Å²) in [5.74, 6) is -0.0377. The zero-order valence-corrected chi connectivity index (χ0v) is 8.42. The number of aliphatic carboxylic acids is 1. The van der Waals surface area contributed by atoms with Gasteiger partial charge in [-0.3, -0.25) is 4.79 Å². The predicted molar refractivity (Wildman–Crippen MR) is 52.2 cm³/mol. The van der Waals surface area contributed by atoms with Crippen molar-refractivity contribution in [3.63, 3.8) is 0 Å². The van der Waals surface area contributed by atoms with Crippen LogP contribution in [0.3, 0.4) is 0 Å². The lowest BCUT2D eigenvalue weighted by Crippen LogP contribution is -2.46. The largest absolute Gasteiger partial charge is 0.481 e. The molecule has 0 aliphatic carbocycles. The molecule has 3 nitrogen and oxygen atoms in total. The second-order valence-corrected chi connectivity index (χ2v) is 4.04. The maximum absolute atomic E-state index is 10.8. The van der Waals surface area contributed by atoms with Crippen molar-refractivity contribution >= 4 is 18.4 Å². The van der Waals surface area contributed by atoms with Gasteiger partial charge in [-0.2, -0.15) is 0 Å². The van der Waals surface area contributed by atoms with E-state index >= 15 is 0 Å². The Morgan fingerprint density at radius 3 is 2.77 bits per heavy atom. The van der Waals surface area contributed by atoms with E-state index < -0.39 is 5.97 Å². The quantitative estimate of drug-likeness (QED) is 0.700. The van der Waals surface area contributed by atoms with E-state index in [2.05, 4.69) is 4.90 Å². The Bertz CT molecular complexity index is 186. The van der Waals surface area contributed by atoms with Gasteiger partial charge in [0.15, 0.2) is 0 Å². The van der Waals surface area contributed by atoms with Gasteiger partial charge < -0.3 is 10.0 Å². The minimum Gasteiger partial charge on any atom is -0.481 e. The zero-order chi connectivity index (χ0) is 8.55. The minimum atomic E-state index is -0.605. The van der Waals surface area contributed by atoms with Crippen LogP contribution in [-0.2, 0) is 4.79 Å². The highest BCUT2D eigenvalue weighted by Gasteiger charge is 2.33. The van der Waals surface area contributed by atoms with E-state index in [4.69, 9.17) is 5.11 Å². The van der Waals surface area contributed by atoms with Crippen LogP contribution < -0.4 is 0 Å². The van der Waals surface area contributed by atoms with Crippen LogP contribution in [0, 0.1) is 11.8 Å². The molecular weight excluding hydrogens is 190 g/mol. The van der Waals surface area contributed by atoms with Gasteiger partial charge in [-0.15, -0.1) is 12.4 Å². The van der Waals surface area contributed by atoms with Gasteiger partial charge >= 0.3 is 5.97 Å². The number of rotatable bonds is 1. The molecule has 4 heteroatoms. The summed E-state index contributed by atoms with van der Waals surface area (Å²) in [6.45, 7) is 3.04. The lowest BCUT2D eigenvalue weighted by Gasteiger charge is -2.40. The number of hydrogen-bond acceptors (Lipinski definition) is 2. The van der Waals surface area contributed by atoms with Gasteiger partial charge in [0.05, 0.1) is 5.92 Å². The van der Waals surface area contributed by atoms with E-state index in [1.807, 2.05) is 0 Å². The molecule has 76 valence electrons. The molecule has 0 saturated carbocycles. The van der Waals surface area contributed by atoms with E-state index in [-0.39, 0.29) is 18.3 Å². The SMILES string of the molecule is Cl.O=C(O)C1CC2CCCN(C2)C1. The summed E-state index contributed by atoms with van der Waals surface area (Å²) >= 11 is 0. The summed E-state index contributed by atoms with van der Waals surface area (Å²) in [4.78, 5) is 13.1. The average molecular weight is 206 g/mol. The van der Waals surface area contributed by atoms with Gasteiger partial charge in [0.25, 0.3) is 0 Å². The zero-order valence-electron chi connectivity index (χ0n) is 7.61. The molecular formula is C9H16ClNO2. The Hall–Kier alpha value is -0.280. The maximum atomic E-state index is 10.8. The highest BCUT2D eigenvalue weighted by Crippen LogP contribution is 2.29. The van der Waals surface area contributed by atoms with Gasteiger partial charge in [0.2, 0.25) is 0 Å². The van der Waals surface area contributed by atoms with Crippen molar-refractivity contribution in [2.75, 3.05) is 19.6 Å². The molecule has 2 rings (SSSR count). The number of fused-ring (bicyclic) bond motifs is 2. The Labute approximate surface area is 84.5 Å². The van der Waals surface area contributed by atoms with Crippen molar-refractivity contribution in [2.24, 2.45) is 11.8 Å². The Morgan fingerprint density at radius 1 is 1.38 bits per heavy atom. The van der Waals surface area contributed by atoms with Crippen LogP contribution in [0.15, 0.2) is 0 Å². The van der Waals surface area contributed by atoms with Crippen LogP contribution in [0.25, 0.3) is 0 Å². The maximum Gasteiger partial charge on any atom is 0.307 e. The van der Waals surface area contributed by atoms with Crippen molar-refractivity contribution in [3.05, 3.63) is 0 Å². The second kappa shape index (κ2) is 4.29.